The predicted molar refractivity (Wildman–Crippen MR) is 85.0 cm³/mol. The van der Waals surface area contributed by atoms with Crippen LogP contribution in [0.3, 0.4) is 0 Å². The molecule has 4 aliphatic rings. The van der Waals surface area contributed by atoms with Crippen molar-refractivity contribution in [3.63, 3.8) is 0 Å². The van der Waals surface area contributed by atoms with Gasteiger partial charge in [-0.1, -0.05) is 49.8 Å². The smallest absolute Gasteiger partial charge is 0.0726 e. The fourth-order valence-electron chi connectivity index (χ4n) is 5.89. The second-order valence-corrected chi connectivity index (χ2v) is 8.43. The number of hydrogen-bond donors (Lipinski definition) is 0. The van der Waals surface area contributed by atoms with Crippen LogP contribution < -0.4 is 0 Å². The van der Waals surface area contributed by atoms with Crippen LogP contribution in [0.4, 0.5) is 0 Å². The Labute approximate surface area is 127 Å². The standard InChI is InChI=1S/C20H24O/c1-19(2)16-8-9-20(3)17-14(18(16)19)10-12-6-4-5-7-13(12)15(17)11-21-20/h4-7,10,15-18H,8-9,11H2,1-3H3/t15-,16+,17-,18+,20+/m1/s1. The zero-order chi connectivity index (χ0) is 14.4. The third-order valence-electron chi connectivity index (χ3n) is 7.09. The van der Waals surface area contributed by atoms with E-state index in [1.54, 1.807) is 5.57 Å². The summed E-state index contributed by atoms with van der Waals surface area (Å²) in [6.07, 6.45) is 5.10. The fraction of sp³-hybridized carbons (Fsp3) is 0.600. The van der Waals surface area contributed by atoms with Crippen molar-refractivity contribution in [1.29, 1.82) is 0 Å². The molecule has 1 heteroatoms. The van der Waals surface area contributed by atoms with Gasteiger partial charge in [-0.15, -0.1) is 0 Å². The predicted octanol–water partition coefficient (Wildman–Crippen LogP) is 4.64. The Morgan fingerprint density at radius 2 is 1.90 bits per heavy atom. The molecule has 0 N–H and O–H groups in total. The lowest BCUT2D eigenvalue weighted by molar-refractivity contribution is -0.00636. The van der Waals surface area contributed by atoms with E-state index in [0.29, 0.717) is 17.3 Å². The van der Waals surface area contributed by atoms with E-state index in [1.807, 2.05) is 0 Å². The van der Waals surface area contributed by atoms with E-state index in [1.165, 1.54) is 24.0 Å². The first-order chi connectivity index (χ1) is 10.0. The second kappa shape index (κ2) is 3.63. The zero-order valence-corrected chi connectivity index (χ0v) is 13.2. The Balaban J connectivity index is 1.73. The Morgan fingerprint density at radius 3 is 2.76 bits per heavy atom. The van der Waals surface area contributed by atoms with E-state index in [4.69, 9.17) is 4.74 Å². The maximum Gasteiger partial charge on any atom is 0.0726 e. The SMILES string of the molecule is CC1(C)[C@H]2CC[C@]3(C)OC[C@@H]4c5ccccc5C=C([C@H]43)[C@@H]21. The van der Waals surface area contributed by atoms with Crippen LogP contribution in [0.15, 0.2) is 29.8 Å². The summed E-state index contributed by atoms with van der Waals surface area (Å²) in [5, 5.41) is 0. The zero-order valence-electron chi connectivity index (χ0n) is 13.2. The van der Waals surface area contributed by atoms with Gasteiger partial charge in [0.1, 0.15) is 0 Å². The second-order valence-electron chi connectivity index (χ2n) is 8.43. The number of ether oxygens (including phenoxy) is 1. The van der Waals surface area contributed by atoms with E-state index in [-0.39, 0.29) is 5.60 Å². The topological polar surface area (TPSA) is 9.23 Å². The summed E-state index contributed by atoms with van der Waals surface area (Å²) in [4.78, 5) is 0. The molecule has 3 aliphatic carbocycles. The van der Waals surface area contributed by atoms with Gasteiger partial charge in [0.2, 0.25) is 0 Å². The minimum atomic E-state index is 0.0769. The Bertz CT molecular complexity index is 656. The lowest BCUT2D eigenvalue weighted by Crippen LogP contribution is -2.36. The van der Waals surface area contributed by atoms with Gasteiger partial charge in [0, 0.05) is 11.8 Å². The van der Waals surface area contributed by atoms with Crippen molar-refractivity contribution >= 4 is 6.08 Å². The molecular weight excluding hydrogens is 256 g/mol. The van der Waals surface area contributed by atoms with Crippen LogP contribution in [-0.2, 0) is 4.74 Å². The van der Waals surface area contributed by atoms with E-state index in [9.17, 15) is 0 Å². The van der Waals surface area contributed by atoms with Gasteiger partial charge >= 0.3 is 0 Å². The van der Waals surface area contributed by atoms with Crippen molar-refractivity contribution in [2.75, 3.05) is 6.61 Å². The van der Waals surface area contributed by atoms with Gasteiger partial charge in [-0.25, -0.2) is 0 Å². The maximum absolute atomic E-state index is 6.39. The molecule has 0 aromatic heterocycles. The van der Waals surface area contributed by atoms with Gasteiger partial charge in [-0.05, 0) is 48.1 Å². The van der Waals surface area contributed by atoms with E-state index >= 15 is 0 Å². The average Bonchev–Trinajstić information content (AvgIpc) is 2.89. The molecule has 1 saturated heterocycles. The molecule has 21 heavy (non-hydrogen) atoms. The van der Waals surface area contributed by atoms with Crippen LogP contribution in [0.1, 0.15) is 50.7 Å². The Hall–Kier alpha value is -1.08. The molecule has 2 saturated carbocycles. The Kier molecular flexibility index (Phi) is 2.15. The minimum Gasteiger partial charge on any atom is -0.374 e. The molecule has 1 heterocycles. The van der Waals surface area contributed by atoms with Crippen molar-refractivity contribution in [3.8, 4) is 0 Å². The number of rotatable bonds is 0. The highest BCUT2D eigenvalue weighted by molar-refractivity contribution is 5.65. The lowest BCUT2D eigenvalue weighted by Gasteiger charge is -2.37. The van der Waals surface area contributed by atoms with Crippen LogP contribution >= 0.6 is 0 Å². The quantitative estimate of drug-likeness (QED) is 0.673. The molecule has 1 aromatic carbocycles. The van der Waals surface area contributed by atoms with Gasteiger partial charge in [-0.2, -0.15) is 0 Å². The van der Waals surface area contributed by atoms with E-state index in [2.05, 4.69) is 51.1 Å². The van der Waals surface area contributed by atoms with Gasteiger partial charge in [-0.3, -0.25) is 0 Å². The highest BCUT2D eigenvalue weighted by Gasteiger charge is 2.66. The van der Waals surface area contributed by atoms with E-state index < -0.39 is 0 Å². The van der Waals surface area contributed by atoms with Gasteiger partial charge in [0.25, 0.3) is 0 Å². The summed E-state index contributed by atoms with van der Waals surface area (Å²) in [5.74, 6) is 2.87. The van der Waals surface area contributed by atoms with Crippen molar-refractivity contribution in [2.24, 2.45) is 23.2 Å². The van der Waals surface area contributed by atoms with Crippen molar-refractivity contribution in [2.45, 2.75) is 45.1 Å². The summed E-state index contributed by atoms with van der Waals surface area (Å²) < 4.78 is 6.39. The molecule has 0 spiro atoms. The maximum atomic E-state index is 6.39. The highest BCUT2D eigenvalue weighted by atomic mass is 16.5. The molecule has 0 unspecified atom stereocenters. The van der Waals surface area contributed by atoms with Crippen molar-refractivity contribution in [1.82, 2.24) is 0 Å². The molecule has 5 atom stereocenters. The van der Waals surface area contributed by atoms with E-state index in [0.717, 1.165) is 18.4 Å². The Morgan fingerprint density at radius 1 is 1.10 bits per heavy atom. The summed E-state index contributed by atoms with van der Waals surface area (Å²) in [6.45, 7) is 8.22. The molecule has 0 bridgehead atoms. The largest absolute Gasteiger partial charge is 0.374 e. The number of benzene rings is 1. The van der Waals surface area contributed by atoms with Crippen LogP contribution in [0.5, 0.6) is 0 Å². The first-order valence-corrected chi connectivity index (χ1v) is 8.47. The first-order valence-electron chi connectivity index (χ1n) is 8.47. The highest BCUT2D eigenvalue weighted by Crippen LogP contribution is 2.71. The normalized spacial score (nSPS) is 45.0. The molecule has 1 aromatic rings. The molecule has 0 amide bonds. The minimum absolute atomic E-state index is 0.0769. The summed E-state index contributed by atoms with van der Waals surface area (Å²) in [7, 11) is 0. The summed E-state index contributed by atoms with van der Waals surface area (Å²) in [6, 6.07) is 8.98. The molecular formula is C20H24O. The monoisotopic (exact) mass is 280 g/mol. The molecule has 5 rings (SSSR count). The van der Waals surface area contributed by atoms with Crippen LogP contribution in [0.2, 0.25) is 0 Å². The summed E-state index contributed by atoms with van der Waals surface area (Å²) in [5.41, 5.74) is 5.27. The number of hydrogen-bond acceptors (Lipinski definition) is 1. The molecule has 1 aliphatic heterocycles. The third kappa shape index (κ3) is 1.41. The van der Waals surface area contributed by atoms with Gasteiger partial charge in [0.15, 0.2) is 0 Å². The van der Waals surface area contributed by atoms with Gasteiger partial charge in [0.05, 0.1) is 12.2 Å². The summed E-state index contributed by atoms with van der Waals surface area (Å²) >= 11 is 0. The van der Waals surface area contributed by atoms with Crippen molar-refractivity contribution < 1.29 is 4.74 Å². The van der Waals surface area contributed by atoms with Crippen molar-refractivity contribution in [3.05, 3.63) is 41.0 Å². The molecule has 1 nitrogen and oxygen atoms in total. The molecule has 0 radical (unpaired) electrons. The van der Waals surface area contributed by atoms with Crippen LogP contribution in [-0.4, -0.2) is 12.2 Å². The van der Waals surface area contributed by atoms with Crippen LogP contribution in [0.25, 0.3) is 6.08 Å². The first kappa shape index (κ1) is 12.5. The van der Waals surface area contributed by atoms with Gasteiger partial charge < -0.3 is 4.74 Å². The third-order valence-corrected chi connectivity index (χ3v) is 7.09. The molecule has 3 fully saturated rings. The average molecular weight is 280 g/mol. The van der Waals surface area contributed by atoms with Crippen LogP contribution in [0, 0.1) is 23.2 Å². The lowest BCUT2D eigenvalue weighted by atomic mass is 9.67. The molecule has 110 valence electrons. The fourth-order valence-corrected chi connectivity index (χ4v) is 5.89. The number of fused-ring (bicyclic) bond motifs is 4.